The van der Waals surface area contributed by atoms with E-state index in [1.165, 1.54) is 7.11 Å². The lowest BCUT2D eigenvalue weighted by atomic mass is 9.46. The first kappa shape index (κ1) is 18.2. The van der Waals surface area contributed by atoms with Crippen LogP contribution in [0.5, 0.6) is 0 Å². The van der Waals surface area contributed by atoms with Gasteiger partial charge in [-0.25, -0.2) is 9.59 Å². The van der Waals surface area contributed by atoms with Crippen LogP contribution in [0, 0.1) is 22.7 Å². The number of rotatable bonds is 4. The first-order valence-corrected chi connectivity index (χ1v) is 9.46. The molecule has 0 spiro atoms. The van der Waals surface area contributed by atoms with Gasteiger partial charge >= 0.3 is 11.9 Å². The SMILES string of the molecule is COC(=O)C1=CCCC2[C@@](C)(CCC3=CC(=O)OC3)C(C)CC[C@@]12C. The highest BCUT2D eigenvalue weighted by Gasteiger charge is 2.55. The number of carbonyl (C=O) groups is 2. The van der Waals surface area contributed by atoms with Crippen molar-refractivity contribution in [3.63, 3.8) is 0 Å². The number of hydrogen-bond acceptors (Lipinski definition) is 4. The predicted octanol–water partition coefficient (Wildman–Crippen LogP) is 4.20. The zero-order valence-electron chi connectivity index (χ0n) is 15.9. The lowest BCUT2D eigenvalue weighted by Gasteiger charge is -2.57. The number of methoxy groups -OCH3 is 1. The van der Waals surface area contributed by atoms with Gasteiger partial charge in [-0.2, -0.15) is 0 Å². The van der Waals surface area contributed by atoms with Crippen LogP contribution in [-0.2, 0) is 19.1 Å². The molecule has 0 aromatic rings. The highest BCUT2D eigenvalue weighted by atomic mass is 16.5. The fourth-order valence-corrected chi connectivity index (χ4v) is 5.52. The minimum absolute atomic E-state index is 0.108. The van der Waals surface area contributed by atoms with Crippen molar-refractivity contribution in [2.75, 3.05) is 13.7 Å². The Morgan fingerprint density at radius 2 is 2.12 bits per heavy atom. The van der Waals surface area contributed by atoms with Gasteiger partial charge in [0.2, 0.25) is 0 Å². The standard InChI is InChI=1S/C21H30O4/c1-14-8-10-21(3)16(19(23)24-4)6-5-7-17(21)20(14,2)11-9-15-12-18(22)25-13-15/h6,12,14,17H,5,7-11,13H2,1-4H3/t14?,17?,20-,21-/m0/s1. The van der Waals surface area contributed by atoms with Gasteiger partial charge in [0.05, 0.1) is 7.11 Å². The molecule has 4 heteroatoms. The zero-order valence-corrected chi connectivity index (χ0v) is 15.9. The predicted molar refractivity (Wildman–Crippen MR) is 95.7 cm³/mol. The Bertz CT molecular complexity index is 632. The molecule has 0 aromatic heterocycles. The van der Waals surface area contributed by atoms with Crippen molar-refractivity contribution in [1.29, 1.82) is 0 Å². The molecule has 2 unspecified atom stereocenters. The Kier molecular flexibility index (Phi) is 4.82. The molecule has 0 aromatic carbocycles. The highest BCUT2D eigenvalue weighted by Crippen LogP contribution is 2.62. The maximum Gasteiger partial charge on any atom is 0.333 e. The van der Waals surface area contributed by atoms with Crippen molar-refractivity contribution >= 4 is 11.9 Å². The Morgan fingerprint density at radius 1 is 1.36 bits per heavy atom. The van der Waals surface area contributed by atoms with E-state index in [2.05, 4.69) is 26.8 Å². The minimum Gasteiger partial charge on any atom is -0.466 e. The Morgan fingerprint density at radius 3 is 2.76 bits per heavy atom. The van der Waals surface area contributed by atoms with E-state index in [1.54, 1.807) is 6.08 Å². The van der Waals surface area contributed by atoms with Crippen LogP contribution in [0.1, 0.15) is 59.3 Å². The van der Waals surface area contributed by atoms with Gasteiger partial charge in [0, 0.05) is 17.1 Å². The molecule has 1 saturated carbocycles. The third kappa shape index (κ3) is 3.04. The molecule has 2 aliphatic carbocycles. The first-order valence-electron chi connectivity index (χ1n) is 9.46. The smallest absolute Gasteiger partial charge is 0.333 e. The maximum absolute atomic E-state index is 12.4. The largest absolute Gasteiger partial charge is 0.466 e. The molecule has 0 saturated heterocycles. The summed E-state index contributed by atoms with van der Waals surface area (Å²) in [7, 11) is 1.48. The van der Waals surface area contributed by atoms with Crippen molar-refractivity contribution in [3.05, 3.63) is 23.3 Å². The van der Waals surface area contributed by atoms with Crippen molar-refractivity contribution in [2.45, 2.75) is 59.3 Å². The fraction of sp³-hybridized carbons (Fsp3) is 0.714. The van der Waals surface area contributed by atoms with E-state index >= 15 is 0 Å². The van der Waals surface area contributed by atoms with Gasteiger partial charge in [0.25, 0.3) is 0 Å². The molecule has 0 bridgehead atoms. The maximum atomic E-state index is 12.4. The number of allylic oxidation sites excluding steroid dienone is 1. The molecule has 0 N–H and O–H groups in total. The molecular weight excluding hydrogens is 316 g/mol. The molecule has 138 valence electrons. The van der Waals surface area contributed by atoms with E-state index in [0.29, 0.717) is 18.4 Å². The molecule has 0 amide bonds. The number of cyclic esters (lactones) is 1. The normalized spacial score (nSPS) is 37.7. The molecule has 25 heavy (non-hydrogen) atoms. The van der Waals surface area contributed by atoms with E-state index in [0.717, 1.165) is 49.7 Å². The molecule has 1 fully saturated rings. The number of hydrogen-bond donors (Lipinski definition) is 0. The number of fused-ring (bicyclic) bond motifs is 1. The van der Waals surface area contributed by atoms with Crippen LogP contribution in [0.15, 0.2) is 23.3 Å². The van der Waals surface area contributed by atoms with E-state index in [1.807, 2.05) is 0 Å². The summed E-state index contributed by atoms with van der Waals surface area (Å²) < 4.78 is 10.1. The molecule has 0 radical (unpaired) electrons. The van der Waals surface area contributed by atoms with Crippen molar-refractivity contribution in [3.8, 4) is 0 Å². The number of ether oxygens (including phenoxy) is 2. The van der Waals surface area contributed by atoms with Gasteiger partial charge in [0.1, 0.15) is 6.61 Å². The van der Waals surface area contributed by atoms with Gasteiger partial charge in [-0.05, 0) is 61.3 Å². The van der Waals surface area contributed by atoms with Crippen molar-refractivity contribution in [2.24, 2.45) is 22.7 Å². The quantitative estimate of drug-likeness (QED) is 0.716. The monoisotopic (exact) mass is 346 g/mol. The average molecular weight is 346 g/mol. The van der Waals surface area contributed by atoms with Crippen LogP contribution >= 0.6 is 0 Å². The van der Waals surface area contributed by atoms with Crippen LogP contribution in [0.4, 0.5) is 0 Å². The van der Waals surface area contributed by atoms with Gasteiger partial charge in [-0.3, -0.25) is 0 Å². The van der Waals surface area contributed by atoms with Crippen LogP contribution < -0.4 is 0 Å². The van der Waals surface area contributed by atoms with Gasteiger partial charge in [0.15, 0.2) is 0 Å². The molecule has 3 rings (SSSR count). The van der Waals surface area contributed by atoms with E-state index in [4.69, 9.17) is 9.47 Å². The summed E-state index contributed by atoms with van der Waals surface area (Å²) >= 11 is 0. The van der Waals surface area contributed by atoms with Crippen LogP contribution in [0.2, 0.25) is 0 Å². The third-order valence-corrected chi connectivity index (χ3v) is 7.32. The summed E-state index contributed by atoms with van der Waals surface area (Å²) in [6, 6.07) is 0. The summed E-state index contributed by atoms with van der Waals surface area (Å²) in [6.07, 6.45) is 9.90. The van der Waals surface area contributed by atoms with E-state index < -0.39 is 0 Å². The zero-order chi connectivity index (χ0) is 18.2. The van der Waals surface area contributed by atoms with Crippen molar-refractivity contribution in [1.82, 2.24) is 0 Å². The Hall–Kier alpha value is -1.58. The van der Waals surface area contributed by atoms with Crippen LogP contribution in [0.3, 0.4) is 0 Å². The molecule has 4 atom stereocenters. The van der Waals surface area contributed by atoms with Crippen LogP contribution in [-0.4, -0.2) is 25.7 Å². The lowest BCUT2D eigenvalue weighted by molar-refractivity contribution is -0.140. The number of carbonyl (C=O) groups excluding carboxylic acids is 2. The van der Waals surface area contributed by atoms with Crippen molar-refractivity contribution < 1.29 is 19.1 Å². The van der Waals surface area contributed by atoms with Gasteiger partial charge in [-0.15, -0.1) is 0 Å². The summed E-state index contributed by atoms with van der Waals surface area (Å²) in [5.41, 5.74) is 2.02. The third-order valence-electron chi connectivity index (χ3n) is 7.32. The van der Waals surface area contributed by atoms with Crippen LogP contribution in [0.25, 0.3) is 0 Å². The second kappa shape index (κ2) is 6.62. The summed E-state index contributed by atoms with van der Waals surface area (Å²) in [4.78, 5) is 23.7. The summed E-state index contributed by atoms with van der Waals surface area (Å²) in [5.74, 6) is 0.680. The Balaban J connectivity index is 1.85. The number of esters is 2. The molecule has 3 aliphatic rings. The summed E-state index contributed by atoms with van der Waals surface area (Å²) in [6.45, 7) is 7.43. The van der Waals surface area contributed by atoms with E-state index in [9.17, 15) is 9.59 Å². The van der Waals surface area contributed by atoms with E-state index in [-0.39, 0.29) is 22.8 Å². The Labute approximate surface area is 150 Å². The molecule has 1 heterocycles. The molecule has 4 nitrogen and oxygen atoms in total. The lowest BCUT2D eigenvalue weighted by Crippen LogP contribution is -2.51. The van der Waals surface area contributed by atoms with Gasteiger partial charge in [-0.1, -0.05) is 26.8 Å². The highest BCUT2D eigenvalue weighted by molar-refractivity contribution is 5.90. The topological polar surface area (TPSA) is 52.6 Å². The van der Waals surface area contributed by atoms with Gasteiger partial charge < -0.3 is 9.47 Å². The summed E-state index contributed by atoms with van der Waals surface area (Å²) in [5, 5.41) is 0. The fourth-order valence-electron chi connectivity index (χ4n) is 5.52. The average Bonchev–Trinajstić information content (AvgIpc) is 3.01. The molecule has 1 aliphatic heterocycles. The second-order valence-corrected chi connectivity index (χ2v) is 8.51. The minimum atomic E-state index is -0.213. The molecular formula is C21H30O4. The second-order valence-electron chi connectivity index (χ2n) is 8.51. The first-order chi connectivity index (χ1) is 11.8.